The van der Waals surface area contributed by atoms with Crippen molar-refractivity contribution in [3.05, 3.63) is 23.8 Å². The summed E-state index contributed by atoms with van der Waals surface area (Å²) >= 11 is 0. The van der Waals surface area contributed by atoms with Crippen LogP contribution in [0.2, 0.25) is 0 Å². The number of anilines is 2. The Balaban J connectivity index is 3.23. The van der Waals surface area contributed by atoms with Crippen LogP contribution in [0, 0.1) is 0 Å². The van der Waals surface area contributed by atoms with E-state index in [4.69, 9.17) is 5.73 Å². The second-order valence-corrected chi connectivity index (χ2v) is 4.46. The number of nitrogens with zero attached hydrogens (tertiary/aromatic N) is 1. The number of benzene rings is 1. The van der Waals surface area contributed by atoms with Gasteiger partial charge >= 0.3 is 6.18 Å². The first-order chi connectivity index (χ1) is 8.61. The molecule has 0 aromatic heterocycles. The van der Waals surface area contributed by atoms with Crippen LogP contribution in [-0.4, -0.2) is 18.8 Å². The van der Waals surface area contributed by atoms with E-state index in [1.165, 1.54) is 26.0 Å². The molecule has 0 fully saturated rings. The zero-order chi connectivity index (χ0) is 14.8. The molecule has 1 aromatic carbocycles. The molecule has 0 atom stereocenters. The normalized spacial score (nSPS) is 12.3. The van der Waals surface area contributed by atoms with Crippen molar-refractivity contribution in [3.63, 3.8) is 0 Å². The van der Waals surface area contributed by atoms with Crippen LogP contribution in [0.1, 0.15) is 25.8 Å². The van der Waals surface area contributed by atoms with Crippen LogP contribution in [0.4, 0.5) is 33.3 Å². The van der Waals surface area contributed by atoms with Crippen LogP contribution in [0.15, 0.2) is 18.2 Å². The predicted octanol–water partition coefficient (Wildman–Crippen LogP) is 3.98. The van der Waals surface area contributed by atoms with Gasteiger partial charge in [0.2, 0.25) is 0 Å². The first-order valence-corrected chi connectivity index (χ1v) is 5.63. The van der Waals surface area contributed by atoms with Gasteiger partial charge in [0.05, 0.1) is 0 Å². The molecule has 0 aliphatic carbocycles. The molecular formula is C12H15F5N2. The summed E-state index contributed by atoms with van der Waals surface area (Å²) in [7, 11) is 0. The topological polar surface area (TPSA) is 29.3 Å². The third-order valence-electron chi connectivity index (χ3n) is 2.57. The lowest BCUT2D eigenvalue weighted by Gasteiger charge is -2.31. The zero-order valence-corrected chi connectivity index (χ0v) is 10.5. The molecule has 0 aliphatic rings. The molecule has 7 heteroatoms. The van der Waals surface area contributed by atoms with Crippen molar-refractivity contribution in [1.29, 1.82) is 0 Å². The Morgan fingerprint density at radius 3 is 2.21 bits per heavy atom. The van der Waals surface area contributed by atoms with Crippen LogP contribution >= 0.6 is 0 Å². The quantitative estimate of drug-likeness (QED) is 0.668. The Labute approximate surface area is 108 Å². The molecule has 2 nitrogen and oxygen atoms in total. The number of nitrogen functional groups attached to an aromatic ring is 1. The molecule has 1 aromatic rings. The maximum absolute atomic E-state index is 12.9. The maximum atomic E-state index is 12.9. The number of alkyl halides is 5. The van der Waals surface area contributed by atoms with Crippen molar-refractivity contribution >= 4 is 11.4 Å². The third-order valence-corrected chi connectivity index (χ3v) is 2.57. The summed E-state index contributed by atoms with van der Waals surface area (Å²) in [5.74, 6) is 0. The van der Waals surface area contributed by atoms with Crippen molar-refractivity contribution in [2.75, 3.05) is 17.2 Å². The standard InChI is InChI=1S/C12H15F5N2/c1-7(2)19(6-12(15,16)17)10-4-3-8(18)5-9(10)11(13)14/h3-5,7,11H,6,18H2,1-2H3. The molecule has 108 valence electrons. The fourth-order valence-electron chi connectivity index (χ4n) is 1.75. The molecule has 0 heterocycles. The van der Waals surface area contributed by atoms with Gasteiger partial charge < -0.3 is 10.6 Å². The molecule has 0 bridgehead atoms. The Morgan fingerprint density at radius 2 is 1.79 bits per heavy atom. The SMILES string of the molecule is CC(C)N(CC(F)(F)F)c1ccc(N)cc1C(F)F. The molecule has 2 N–H and O–H groups in total. The smallest absolute Gasteiger partial charge is 0.399 e. The highest BCUT2D eigenvalue weighted by atomic mass is 19.4. The van der Waals surface area contributed by atoms with Crippen molar-refractivity contribution in [3.8, 4) is 0 Å². The van der Waals surface area contributed by atoms with E-state index in [-0.39, 0.29) is 11.4 Å². The fraction of sp³-hybridized carbons (Fsp3) is 0.500. The molecule has 0 amide bonds. The zero-order valence-electron chi connectivity index (χ0n) is 10.5. The van der Waals surface area contributed by atoms with E-state index in [0.29, 0.717) is 0 Å². The van der Waals surface area contributed by atoms with Gasteiger partial charge in [-0.3, -0.25) is 0 Å². The van der Waals surface area contributed by atoms with Gasteiger partial charge in [0.25, 0.3) is 6.43 Å². The number of nitrogens with two attached hydrogens (primary N) is 1. The van der Waals surface area contributed by atoms with Gasteiger partial charge in [0, 0.05) is 23.0 Å². The molecule has 0 radical (unpaired) electrons. The van der Waals surface area contributed by atoms with Gasteiger partial charge in [0.1, 0.15) is 6.54 Å². The minimum atomic E-state index is -4.47. The highest BCUT2D eigenvalue weighted by molar-refractivity contribution is 5.60. The summed E-state index contributed by atoms with van der Waals surface area (Å²) in [5, 5.41) is 0. The van der Waals surface area contributed by atoms with Crippen LogP contribution in [0.25, 0.3) is 0 Å². The minimum Gasteiger partial charge on any atom is -0.399 e. The number of rotatable bonds is 4. The van der Waals surface area contributed by atoms with E-state index in [2.05, 4.69) is 0 Å². The largest absolute Gasteiger partial charge is 0.405 e. The first kappa shape index (κ1) is 15.5. The fourth-order valence-corrected chi connectivity index (χ4v) is 1.75. The molecular weight excluding hydrogens is 267 g/mol. The highest BCUT2D eigenvalue weighted by Gasteiger charge is 2.33. The summed E-state index contributed by atoms with van der Waals surface area (Å²) < 4.78 is 63.3. The maximum Gasteiger partial charge on any atom is 0.405 e. The van der Waals surface area contributed by atoms with Crippen LogP contribution < -0.4 is 10.6 Å². The second kappa shape index (κ2) is 5.63. The van der Waals surface area contributed by atoms with Gasteiger partial charge in [-0.25, -0.2) is 8.78 Å². The lowest BCUT2D eigenvalue weighted by atomic mass is 10.1. The van der Waals surface area contributed by atoms with Crippen molar-refractivity contribution in [2.45, 2.75) is 32.5 Å². The van der Waals surface area contributed by atoms with Gasteiger partial charge in [-0.1, -0.05) is 0 Å². The Hall–Kier alpha value is -1.53. The van der Waals surface area contributed by atoms with E-state index in [0.717, 1.165) is 11.0 Å². The lowest BCUT2D eigenvalue weighted by molar-refractivity contribution is -0.120. The monoisotopic (exact) mass is 282 g/mol. The van der Waals surface area contributed by atoms with E-state index < -0.39 is 30.8 Å². The first-order valence-electron chi connectivity index (χ1n) is 5.63. The summed E-state index contributed by atoms with van der Waals surface area (Å²) in [5.41, 5.74) is 4.86. The number of hydrogen-bond acceptors (Lipinski definition) is 2. The number of hydrogen-bond donors (Lipinski definition) is 1. The summed E-state index contributed by atoms with van der Waals surface area (Å²) in [6, 6.07) is 2.95. The number of halogens is 5. The average Bonchev–Trinajstić information content (AvgIpc) is 2.24. The molecule has 0 saturated heterocycles. The molecule has 0 saturated carbocycles. The van der Waals surface area contributed by atoms with Crippen LogP contribution in [0.3, 0.4) is 0 Å². The Bertz CT molecular complexity index is 429. The van der Waals surface area contributed by atoms with Crippen molar-refractivity contribution in [1.82, 2.24) is 0 Å². The molecule has 1 rings (SSSR count). The average molecular weight is 282 g/mol. The van der Waals surface area contributed by atoms with Gasteiger partial charge in [0.15, 0.2) is 0 Å². The van der Waals surface area contributed by atoms with Gasteiger partial charge in [-0.05, 0) is 32.0 Å². The lowest BCUT2D eigenvalue weighted by Crippen LogP contribution is -2.39. The van der Waals surface area contributed by atoms with Gasteiger partial charge in [-0.15, -0.1) is 0 Å². The summed E-state index contributed by atoms with van der Waals surface area (Å²) in [4.78, 5) is 0.890. The summed E-state index contributed by atoms with van der Waals surface area (Å²) in [6.45, 7) is 1.74. The molecule has 0 aliphatic heterocycles. The summed E-state index contributed by atoms with van der Waals surface area (Å²) in [6.07, 6.45) is -7.35. The predicted molar refractivity (Wildman–Crippen MR) is 64.3 cm³/mol. The third kappa shape index (κ3) is 4.25. The molecule has 0 spiro atoms. The van der Waals surface area contributed by atoms with Crippen LogP contribution in [-0.2, 0) is 0 Å². The van der Waals surface area contributed by atoms with E-state index in [9.17, 15) is 22.0 Å². The molecule has 19 heavy (non-hydrogen) atoms. The van der Waals surface area contributed by atoms with E-state index >= 15 is 0 Å². The van der Waals surface area contributed by atoms with Gasteiger partial charge in [-0.2, -0.15) is 13.2 Å². The van der Waals surface area contributed by atoms with E-state index in [1.54, 1.807) is 0 Å². The van der Waals surface area contributed by atoms with Crippen LogP contribution in [0.5, 0.6) is 0 Å². The molecule has 0 unspecified atom stereocenters. The van der Waals surface area contributed by atoms with Crippen molar-refractivity contribution in [2.24, 2.45) is 0 Å². The Morgan fingerprint density at radius 1 is 1.21 bits per heavy atom. The highest BCUT2D eigenvalue weighted by Crippen LogP contribution is 2.34. The van der Waals surface area contributed by atoms with E-state index in [1.807, 2.05) is 0 Å². The van der Waals surface area contributed by atoms with Crippen molar-refractivity contribution < 1.29 is 22.0 Å². The minimum absolute atomic E-state index is 0.0924. The second-order valence-electron chi connectivity index (χ2n) is 4.46. The Kier molecular flexibility index (Phi) is 4.60.